The normalized spacial score (nSPS) is 14.3. The van der Waals surface area contributed by atoms with Crippen LogP contribution in [0.15, 0.2) is 89.9 Å². The largest absolute Gasteiger partial charge is 0.495 e. The summed E-state index contributed by atoms with van der Waals surface area (Å²) < 4.78 is 5.52. The van der Waals surface area contributed by atoms with Crippen LogP contribution >= 0.6 is 0 Å². The third-order valence-corrected chi connectivity index (χ3v) is 5.26. The highest BCUT2D eigenvalue weighted by atomic mass is 16.5. The summed E-state index contributed by atoms with van der Waals surface area (Å²) in [4.78, 5) is 22.0. The van der Waals surface area contributed by atoms with Crippen molar-refractivity contribution in [1.82, 2.24) is 10.2 Å². The summed E-state index contributed by atoms with van der Waals surface area (Å²) in [5, 5.41) is 3.02. The average Bonchev–Trinajstić information content (AvgIpc) is 2.85. The van der Waals surface area contributed by atoms with E-state index in [-0.39, 0.29) is 5.91 Å². The van der Waals surface area contributed by atoms with E-state index in [1.807, 2.05) is 66.7 Å². The second-order valence-corrected chi connectivity index (χ2v) is 7.24. The SMILES string of the molecule is COc1ccccc1N1CCN(C(=Nc2ccccc2)NC(=O)c2ccccc2)CC1. The molecule has 1 N–H and O–H groups in total. The van der Waals surface area contributed by atoms with E-state index in [2.05, 4.69) is 21.2 Å². The summed E-state index contributed by atoms with van der Waals surface area (Å²) >= 11 is 0. The molecule has 0 aromatic heterocycles. The first kappa shape index (κ1) is 20.5. The second-order valence-electron chi connectivity index (χ2n) is 7.24. The molecule has 0 aliphatic carbocycles. The summed E-state index contributed by atoms with van der Waals surface area (Å²) in [6.45, 7) is 3.07. The van der Waals surface area contributed by atoms with Crippen molar-refractivity contribution >= 4 is 23.2 Å². The number of para-hydroxylation sites is 3. The van der Waals surface area contributed by atoms with Crippen LogP contribution in [0.5, 0.6) is 5.75 Å². The van der Waals surface area contributed by atoms with Gasteiger partial charge in [-0.05, 0) is 36.4 Å². The molecule has 4 rings (SSSR count). The number of amides is 1. The number of carbonyl (C=O) groups excluding carboxylic acids is 1. The summed E-state index contributed by atoms with van der Waals surface area (Å²) in [5.41, 5.74) is 2.49. The fourth-order valence-corrected chi connectivity index (χ4v) is 3.62. The fourth-order valence-electron chi connectivity index (χ4n) is 3.62. The number of anilines is 1. The molecule has 0 saturated carbocycles. The maximum Gasteiger partial charge on any atom is 0.257 e. The Morgan fingerprint density at radius 3 is 2.13 bits per heavy atom. The molecule has 0 radical (unpaired) electrons. The summed E-state index contributed by atoms with van der Waals surface area (Å²) in [6.07, 6.45) is 0. The van der Waals surface area contributed by atoms with E-state index in [0.29, 0.717) is 11.5 Å². The molecule has 1 aliphatic rings. The summed E-state index contributed by atoms with van der Waals surface area (Å²) in [7, 11) is 1.69. The topological polar surface area (TPSA) is 57.2 Å². The number of ether oxygens (including phenoxy) is 1. The lowest BCUT2D eigenvalue weighted by Crippen LogP contribution is -2.53. The van der Waals surface area contributed by atoms with Crippen LogP contribution in [0.25, 0.3) is 0 Å². The fraction of sp³-hybridized carbons (Fsp3) is 0.200. The van der Waals surface area contributed by atoms with E-state index in [4.69, 9.17) is 9.73 Å². The van der Waals surface area contributed by atoms with Gasteiger partial charge in [0, 0.05) is 31.7 Å². The number of piperazine rings is 1. The van der Waals surface area contributed by atoms with Crippen molar-refractivity contribution in [1.29, 1.82) is 0 Å². The highest BCUT2D eigenvalue weighted by Crippen LogP contribution is 2.28. The third kappa shape index (κ3) is 5.04. The first-order valence-electron chi connectivity index (χ1n) is 10.4. The Hall–Kier alpha value is -3.80. The Morgan fingerprint density at radius 1 is 0.839 bits per heavy atom. The highest BCUT2D eigenvalue weighted by molar-refractivity contribution is 6.06. The van der Waals surface area contributed by atoms with Gasteiger partial charge in [-0.25, -0.2) is 4.99 Å². The molecule has 0 bridgehead atoms. The van der Waals surface area contributed by atoms with E-state index < -0.39 is 0 Å². The average molecular weight is 415 g/mol. The molecule has 158 valence electrons. The van der Waals surface area contributed by atoms with Crippen LogP contribution in [0.1, 0.15) is 10.4 Å². The number of hydrogen-bond donors (Lipinski definition) is 1. The van der Waals surface area contributed by atoms with Crippen molar-refractivity contribution in [2.24, 2.45) is 4.99 Å². The smallest absolute Gasteiger partial charge is 0.257 e. The lowest BCUT2D eigenvalue weighted by atomic mass is 10.2. The number of hydrogen-bond acceptors (Lipinski definition) is 4. The Bertz CT molecular complexity index is 1030. The minimum Gasteiger partial charge on any atom is -0.495 e. The molecular weight excluding hydrogens is 388 g/mol. The van der Waals surface area contributed by atoms with E-state index in [0.717, 1.165) is 43.3 Å². The molecular formula is C25H26N4O2. The monoisotopic (exact) mass is 414 g/mol. The Kier molecular flexibility index (Phi) is 6.47. The molecule has 1 aliphatic heterocycles. The Labute approximate surface area is 182 Å². The predicted octanol–water partition coefficient (Wildman–Crippen LogP) is 3.93. The van der Waals surface area contributed by atoms with Gasteiger partial charge in [-0.15, -0.1) is 0 Å². The Balaban J connectivity index is 1.52. The van der Waals surface area contributed by atoms with E-state index in [1.165, 1.54) is 0 Å². The first-order chi connectivity index (χ1) is 15.2. The number of nitrogens with zero attached hydrogens (tertiary/aromatic N) is 3. The lowest BCUT2D eigenvalue weighted by molar-refractivity contribution is 0.0972. The van der Waals surface area contributed by atoms with Crippen molar-refractivity contribution < 1.29 is 9.53 Å². The summed E-state index contributed by atoms with van der Waals surface area (Å²) in [5.74, 6) is 1.27. The number of aliphatic imine (C=N–C) groups is 1. The van der Waals surface area contributed by atoms with Crippen LogP contribution in [0, 0.1) is 0 Å². The van der Waals surface area contributed by atoms with Gasteiger partial charge in [0.05, 0.1) is 18.5 Å². The van der Waals surface area contributed by atoms with Gasteiger partial charge in [0.2, 0.25) is 5.96 Å². The van der Waals surface area contributed by atoms with Gasteiger partial charge in [0.25, 0.3) is 5.91 Å². The van der Waals surface area contributed by atoms with Crippen molar-refractivity contribution in [2.75, 3.05) is 38.2 Å². The third-order valence-electron chi connectivity index (χ3n) is 5.26. The zero-order chi connectivity index (χ0) is 21.5. The molecule has 3 aromatic rings. The van der Waals surface area contributed by atoms with E-state index in [1.54, 1.807) is 19.2 Å². The minimum atomic E-state index is -0.164. The van der Waals surface area contributed by atoms with Crippen molar-refractivity contribution in [2.45, 2.75) is 0 Å². The molecule has 3 aromatic carbocycles. The van der Waals surface area contributed by atoms with Crippen molar-refractivity contribution in [3.63, 3.8) is 0 Å². The molecule has 31 heavy (non-hydrogen) atoms. The maximum absolute atomic E-state index is 12.8. The molecule has 0 unspecified atom stereocenters. The Morgan fingerprint density at radius 2 is 1.45 bits per heavy atom. The van der Waals surface area contributed by atoms with Crippen LogP contribution < -0.4 is 15.0 Å². The van der Waals surface area contributed by atoms with Crippen LogP contribution in [-0.2, 0) is 0 Å². The van der Waals surface area contributed by atoms with Crippen molar-refractivity contribution in [3.05, 3.63) is 90.5 Å². The molecule has 6 heteroatoms. The predicted molar refractivity (Wildman–Crippen MR) is 124 cm³/mol. The lowest BCUT2D eigenvalue weighted by Gasteiger charge is -2.38. The standard InChI is InChI=1S/C25H26N4O2/c1-31-23-15-9-8-14-22(23)28-16-18-29(19-17-28)25(26-21-12-6-3-7-13-21)27-24(30)20-10-4-2-5-11-20/h2-15H,16-19H2,1H3,(H,26,27,30). The molecule has 6 nitrogen and oxygen atoms in total. The maximum atomic E-state index is 12.8. The van der Waals surface area contributed by atoms with Crippen LogP contribution in [0.3, 0.4) is 0 Å². The van der Waals surface area contributed by atoms with Gasteiger partial charge in [0.1, 0.15) is 5.75 Å². The zero-order valence-electron chi connectivity index (χ0n) is 17.6. The van der Waals surface area contributed by atoms with Gasteiger partial charge in [-0.2, -0.15) is 0 Å². The second kappa shape index (κ2) is 9.80. The van der Waals surface area contributed by atoms with Gasteiger partial charge in [-0.3, -0.25) is 10.1 Å². The molecule has 1 fully saturated rings. The number of carbonyl (C=O) groups is 1. The first-order valence-corrected chi connectivity index (χ1v) is 10.4. The van der Waals surface area contributed by atoms with Gasteiger partial charge < -0.3 is 14.5 Å². The van der Waals surface area contributed by atoms with Crippen molar-refractivity contribution in [3.8, 4) is 5.75 Å². The van der Waals surface area contributed by atoms with Crippen LogP contribution in [0.2, 0.25) is 0 Å². The zero-order valence-corrected chi connectivity index (χ0v) is 17.6. The molecule has 1 amide bonds. The summed E-state index contributed by atoms with van der Waals surface area (Å²) in [6, 6.07) is 26.9. The van der Waals surface area contributed by atoms with Gasteiger partial charge in [0.15, 0.2) is 0 Å². The number of guanidine groups is 1. The minimum absolute atomic E-state index is 0.164. The van der Waals surface area contributed by atoms with Gasteiger partial charge in [-0.1, -0.05) is 48.5 Å². The number of benzene rings is 3. The molecule has 0 atom stereocenters. The van der Waals surface area contributed by atoms with E-state index >= 15 is 0 Å². The highest BCUT2D eigenvalue weighted by Gasteiger charge is 2.23. The molecule has 1 heterocycles. The quantitative estimate of drug-likeness (QED) is 0.519. The van der Waals surface area contributed by atoms with Gasteiger partial charge >= 0.3 is 0 Å². The number of rotatable bonds is 4. The number of methoxy groups -OCH3 is 1. The number of nitrogens with one attached hydrogen (secondary N) is 1. The molecule has 0 spiro atoms. The van der Waals surface area contributed by atoms with Crippen LogP contribution in [0.4, 0.5) is 11.4 Å². The van der Waals surface area contributed by atoms with Crippen LogP contribution in [-0.4, -0.2) is 50.1 Å². The molecule has 1 saturated heterocycles. The van der Waals surface area contributed by atoms with E-state index in [9.17, 15) is 4.79 Å².